The highest BCUT2D eigenvalue weighted by Crippen LogP contribution is 2.28. The average Bonchev–Trinajstić information content (AvgIpc) is 1.99. The number of hydrogen-bond acceptors (Lipinski definition) is 2. The molecule has 0 radical (unpaired) electrons. The Labute approximate surface area is 96.7 Å². The van der Waals surface area contributed by atoms with Crippen LogP contribution >= 0.6 is 27.5 Å². The Kier molecular flexibility index (Phi) is 3.51. The van der Waals surface area contributed by atoms with Gasteiger partial charge in [0.2, 0.25) is 0 Å². The number of rotatable bonds is 3. The standard InChI is InChI=1S/C8H4BrClF2O3/c9-6-3-4(15-8(10,11)12)1-2-5(6)7(13)14/h1-3H,(H,13,14). The minimum absolute atomic E-state index is 0.0553. The maximum atomic E-state index is 12.2. The molecule has 0 fully saturated rings. The lowest BCUT2D eigenvalue weighted by Crippen LogP contribution is -2.15. The predicted molar refractivity (Wildman–Crippen MR) is 52.5 cm³/mol. The first-order valence-electron chi connectivity index (χ1n) is 3.58. The van der Waals surface area contributed by atoms with E-state index in [1.54, 1.807) is 0 Å². The fraction of sp³-hybridized carbons (Fsp3) is 0.125. The van der Waals surface area contributed by atoms with E-state index in [2.05, 4.69) is 32.3 Å². The van der Waals surface area contributed by atoms with E-state index in [-0.39, 0.29) is 15.8 Å². The number of aromatic carboxylic acids is 1. The molecule has 0 heterocycles. The van der Waals surface area contributed by atoms with Gasteiger partial charge in [-0.15, -0.1) is 8.78 Å². The van der Waals surface area contributed by atoms with Gasteiger partial charge in [0, 0.05) is 16.1 Å². The lowest BCUT2D eigenvalue weighted by molar-refractivity contribution is -0.0965. The molecule has 0 spiro atoms. The lowest BCUT2D eigenvalue weighted by Gasteiger charge is -2.11. The van der Waals surface area contributed by atoms with Crippen LogP contribution in [-0.2, 0) is 0 Å². The zero-order valence-corrected chi connectivity index (χ0v) is 9.35. The Bertz CT molecular complexity index is 392. The lowest BCUT2D eigenvalue weighted by atomic mass is 10.2. The molecule has 0 aromatic heterocycles. The van der Waals surface area contributed by atoms with Gasteiger partial charge in [0.05, 0.1) is 5.56 Å². The van der Waals surface area contributed by atoms with E-state index >= 15 is 0 Å². The topological polar surface area (TPSA) is 46.5 Å². The van der Waals surface area contributed by atoms with Crippen LogP contribution in [0.1, 0.15) is 10.4 Å². The Morgan fingerprint density at radius 1 is 1.53 bits per heavy atom. The highest BCUT2D eigenvalue weighted by Gasteiger charge is 2.27. The van der Waals surface area contributed by atoms with E-state index in [4.69, 9.17) is 5.11 Å². The minimum Gasteiger partial charge on any atom is -0.478 e. The van der Waals surface area contributed by atoms with Crippen molar-refractivity contribution in [2.75, 3.05) is 0 Å². The van der Waals surface area contributed by atoms with Crippen molar-refractivity contribution in [3.8, 4) is 5.75 Å². The van der Waals surface area contributed by atoms with Crippen LogP contribution in [0.2, 0.25) is 0 Å². The third kappa shape index (κ3) is 3.64. The molecule has 7 heteroatoms. The third-order valence-electron chi connectivity index (χ3n) is 1.40. The van der Waals surface area contributed by atoms with Crippen LogP contribution < -0.4 is 4.74 Å². The van der Waals surface area contributed by atoms with Gasteiger partial charge in [0.15, 0.2) is 0 Å². The van der Waals surface area contributed by atoms with Crippen LogP contribution in [0.25, 0.3) is 0 Å². The van der Waals surface area contributed by atoms with E-state index in [9.17, 15) is 13.6 Å². The van der Waals surface area contributed by atoms with Gasteiger partial charge in [0.25, 0.3) is 0 Å². The summed E-state index contributed by atoms with van der Waals surface area (Å²) < 4.78 is 28.6. The minimum atomic E-state index is -3.82. The van der Waals surface area contributed by atoms with Crippen molar-refractivity contribution in [3.63, 3.8) is 0 Å². The normalized spacial score (nSPS) is 11.2. The molecule has 3 nitrogen and oxygen atoms in total. The van der Waals surface area contributed by atoms with Crippen LogP contribution in [0.5, 0.6) is 5.75 Å². The van der Waals surface area contributed by atoms with Gasteiger partial charge in [-0.3, -0.25) is 0 Å². The van der Waals surface area contributed by atoms with Gasteiger partial charge >= 0.3 is 11.5 Å². The number of ether oxygens (including phenoxy) is 1. The number of carboxylic acid groups (broad SMARTS) is 1. The molecule has 0 saturated carbocycles. The first-order chi connectivity index (χ1) is 6.79. The second-order valence-electron chi connectivity index (χ2n) is 2.49. The number of alkyl halides is 3. The number of carboxylic acids is 1. The zero-order chi connectivity index (χ0) is 11.6. The van der Waals surface area contributed by atoms with E-state index in [0.29, 0.717) is 0 Å². The van der Waals surface area contributed by atoms with E-state index in [1.807, 2.05) is 0 Å². The zero-order valence-electron chi connectivity index (χ0n) is 7.01. The van der Waals surface area contributed by atoms with E-state index in [1.165, 1.54) is 0 Å². The van der Waals surface area contributed by atoms with Gasteiger partial charge in [-0.2, -0.15) is 0 Å². The van der Waals surface area contributed by atoms with Crippen molar-refractivity contribution in [1.29, 1.82) is 0 Å². The van der Waals surface area contributed by atoms with Gasteiger partial charge < -0.3 is 9.84 Å². The molecule has 0 aliphatic carbocycles. The van der Waals surface area contributed by atoms with Crippen LogP contribution in [0.4, 0.5) is 8.78 Å². The highest BCUT2D eigenvalue weighted by atomic mass is 79.9. The molecule has 1 rings (SSSR count). The van der Waals surface area contributed by atoms with Gasteiger partial charge in [0.1, 0.15) is 5.75 Å². The Morgan fingerprint density at radius 3 is 2.53 bits per heavy atom. The Balaban J connectivity index is 2.97. The van der Waals surface area contributed by atoms with Crippen molar-refractivity contribution in [2.45, 2.75) is 5.57 Å². The monoisotopic (exact) mass is 300 g/mol. The van der Waals surface area contributed by atoms with Crippen LogP contribution in [0, 0.1) is 0 Å². The van der Waals surface area contributed by atoms with E-state index < -0.39 is 11.5 Å². The molecule has 0 atom stereocenters. The van der Waals surface area contributed by atoms with Crippen molar-refractivity contribution >= 4 is 33.5 Å². The molecule has 15 heavy (non-hydrogen) atoms. The quantitative estimate of drug-likeness (QED) is 0.871. The fourth-order valence-corrected chi connectivity index (χ4v) is 1.48. The summed E-state index contributed by atoms with van der Waals surface area (Å²) in [4.78, 5) is 10.6. The predicted octanol–water partition coefficient (Wildman–Crippen LogP) is 3.32. The first kappa shape index (κ1) is 12.2. The summed E-state index contributed by atoms with van der Waals surface area (Å²) in [5, 5.41) is 8.64. The van der Waals surface area contributed by atoms with Gasteiger partial charge in [-0.25, -0.2) is 4.79 Å². The second kappa shape index (κ2) is 4.32. The molecule has 1 aromatic carbocycles. The smallest absolute Gasteiger partial charge is 0.478 e. The summed E-state index contributed by atoms with van der Waals surface area (Å²) in [6.07, 6.45) is 0. The van der Waals surface area contributed by atoms with Crippen LogP contribution in [-0.4, -0.2) is 16.6 Å². The van der Waals surface area contributed by atoms with Crippen molar-refractivity contribution in [1.82, 2.24) is 0 Å². The molecule has 0 aliphatic rings. The van der Waals surface area contributed by atoms with Crippen molar-refractivity contribution in [2.24, 2.45) is 0 Å². The largest absolute Gasteiger partial charge is 0.487 e. The Morgan fingerprint density at radius 2 is 2.13 bits per heavy atom. The molecule has 0 bridgehead atoms. The SMILES string of the molecule is O=C(O)c1ccc(OC(F)(F)Cl)cc1Br. The average molecular weight is 301 g/mol. The maximum absolute atomic E-state index is 12.2. The summed E-state index contributed by atoms with van der Waals surface area (Å²) in [6.45, 7) is 0. The van der Waals surface area contributed by atoms with Crippen LogP contribution in [0.3, 0.4) is 0 Å². The molecule has 0 amide bonds. The maximum Gasteiger partial charge on any atom is 0.487 e. The summed E-state index contributed by atoms with van der Waals surface area (Å²) in [5.41, 5.74) is -3.87. The number of benzene rings is 1. The van der Waals surface area contributed by atoms with Crippen molar-refractivity contribution < 1.29 is 23.4 Å². The number of carbonyl (C=O) groups is 1. The second-order valence-corrected chi connectivity index (χ2v) is 3.79. The summed E-state index contributed by atoms with van der Waals surface area (Å²) >= 11 is 7.44. The summed E-state index contributed by atoms with van der Waals surface area (Å²) in [6, 6.07) is 3.31. The highest BCUT2D eigenvalue weighted by molar-refractivity contribution is 9.10. The summed E-state index contributed by atoms with van der Waals surface area (Å²) in [5.74, 6) is -1.40. The van der Waals surface area contributed by atoms with Crippen LogP contribution in [0.15, 0.2) is 22.7 Å². The molecule has 82 valence electrons. The number of hydrogen-bond donors (Lipinski definition) is 1. The summed E-state index contributed by atoms with van der Waals surface area (Å²) in [7, 11) is 0. The number of halogens is 4. The molecular weight excluding hydrogens is 297 g/mol. The molecule has 0 aliphatic heterocycles. The van der Waals surface area contributed by atoms with E-state index in [0.717, 1.165) is 18.2 Å². The van der Waals surface area contributed by atoms with Crippen molar-refractivity contribution in [3.05, 3.63) is 28.2 Å². The van der Waals surface area contributed by atoms with Gasteiger partial charge in [-0.05, 0) is 34.1 Å². The third-order valence-corrected chi connectivity index (χ3v) is 2.14. The van der Waals surface area contributed by atoms with Gasteiger partial charge in [-0.1, -0.05) is 0 Å². The molecular formula is C8H4BrClF2O3. The molecule has 1 aromatic rings. The molecule has 1 N–H and O–H groups in total. The first-order valence-corrected chi connectivity index (χ1v) is 4.75. The molecule has 0 saturated heterocycles. The Hall–Kier alpha value is -0.880. The fourth-order valence-electron chi connectivity index (χ4n) is 0.866. The molecule has 0 unspecified atom stereocenters.